The molecule has 1 aromatic carbocycles. The van der Waals surface area contributed by atoms with Crippen LogP contribution in [0.2, 0.25) is 0 Å². The van der Waals surface area contributed by atoms with Crippen LogP contribution in [0.25, 0.3) is 27.8 Å². The Labute approximate surface area is 242 Å². The number of rotatable bonds is 6. The van der Waals surface area contributed by atoms with E-state index >= 15 is 0 Å². The Kier molecular flexibility index (Phi) is 7.67. The van der Waals surface area contributed by atoms with Crippen molar-refractivity contribution in [3.8, 4) is 11.3 Å². The lowest BCUT2D eigenvalue weighted by Crippen LogP contribution is -2.42. The Morgan fingerprint density at radius 3 is 2.30 bits per heavy atom. The van der Waals surface area contributed by atoms with Gasteiger partial charge >= 0.3 is 6.18 Å². The van der Waals surface area contributed by atoms with Crippen molar-refractivity contribution in [3.05, 3.63) is 82.9 Å². The van der Waals surface area contributed by atoms with Crippen molar-refractivity contribution in [2.75, 3.05) is 18.8 Å². The molecule has 4 N–H and O–H groups in total. The van der Waals surface area contributed by atoms with Gasteiger partial charge in [-0.1, -0.05) is 0 Å². The fourth-order valence-corrected chi connectivity index (χ4v) is 4.98. The summed E-state index contributed by atoms with van der Waals surface area (Å²) in [5.41, 5.74) is 11.3. The minimum Gasteiger partial charge on any atom is -0.460 e. The van der Waals surface area contributed by atoms with E-state index in [1.807, 2.05) is 0 Å². The maximum absolute atomic E-state index is 14.2. The number of allylic oxidation sites excluding steroid dienone is 1. The second-order valence-corrected chi connectivity index (χ2v) is 10.3. The van der Waals surface area contributed by atoms with Crippen LogP contribution in [0, 0.1) is 6.92 Å². The van der Waals surface area contributed by atoms with Crippen LogP contribution in [0.3, 0.4) is 0 Å². The van der Waals surface area contributed by atoms with Gasteiger partial charge in [-0.2, -0.15) is 13.2 Å². The number of furan rings is 1. The van der Waals surface area contributed by atoms with Gasteiger partial charge < -0.3 is 20.8 Å². The van der Waals surface area contributed by atoms with Crippen molar-refractivity contribution in [3.63, 3.8) is 0 Å². The van der Waals surface area contributed by atoms with Crippen molar-refractivity contribution < 1.29 is 36.0 Å². The maximum atomic E-state index is 14.2. The van der Waals surface area contributed by atoms with Crippen molar-refractivity contribution in [2.24, 2.45) is 5.73 Å². The molecular weight excluding hydrogens is 573 g/mol. The molecule has 1 saturated heterocycles. The topological polar surface area (TPSA) is 128 Å². The molecule has 1 aliphatic rings. The predicted molar refractivity (Wildman–Crippen MR) is 149 cm³/mol. The summed E-state index contributed by atoms with van der Waals surface area (Å²) in [7, 11) is 0. The number of hydrogen-bond donors (Lipinski definition) is 2. The van der Waals surface area contributed by atoms with Crippen molar-refractivity contribution in [2.45, 2.75) is 38.3 Å². The number of aryl methyl sites for hydroxylation is 1. The normalized spacial score (nSPS) is 15.6. The van der Waals surface area contributed by atoms with Gasteiger partial charge in [0.1, 0.15) is 17.2 Å². The lowest BCUT2D eigenvalue weighted by Gasteiger charge is -2.31. The Hall–Kier alpha value is -4.81. The molecule has 8 nitrogen and oxygen atoms in total. The number of nitrogens with two attached hydrogens (primary N) is 2. The summed E-state index contributed by atoms with van der Waals surface area (Å²) >= 11 is 0. The molecule has 5 rings (SSSR count). The molecule has 224 valence electrons. The number of pyridine rings is 2. The smallest absolute Gasteiger partial charge is 0.420 e. The quantitative estimate of drug-likeness (QED) is 0.214. The first-order valence-electron chi connectivity index (χ1n) is 13.2. The zero-order valence-electron chi connectivity index (χ0n) is 22.8. The molecule has 0 bridgehead atoms. The number of primary amides is 1. The lowest BCUT2D eigenvalue weighted by molar-refractivity contribution is -0.136. The van der Waals surface area contributed by atoms with E-state index in [9.17, 15) is 31.5 Å². The Morgan fingerprint density at radius 1 is 1.05 bits per heavy atom. The molecule has 0 atom stereocenters. The van der Waals surface area contributed by atoms with Crippen LogP contribution in [0.4, 0.5) is 27.8 Å². The van der Waals surface area contributed by atoms with Crippen molar-refractivity contribution >= 4 is 34.2 Å². The number of halogens is 5. The molecule has 1 aliphatic heterocycles. The summed E-state index contributed by atoms with van der Waals surface area (Å²) in [6.45, 7) is 1.39. The number of anilines is 1. The largest absolute Gasteiger partial charge is 0.460 e. The Bertz CT molecular complexity index is 1720. The fraction of sp³-hybridized carbons (Fsp3) is 0.267. The summed E-state index contributed by atoms with van der Waals surface area (Å²) in [6.07, 6.45) is -1.93. The van der Waals surface area contributed by atoms with E-state index < -0.39 is 42.3 Å². The molecule has 4 aromatic rings. The third-order valence-corrected chi connectivity index (χ3v) is 7.35. The number of hydrogen-bond acceptors (Lipinski definition) is 6. The predicted octanol–water partition coefficient (Wildman–Crippen LogP) is 5.78. The molecular formula is C30H26F5N5O3. The van der Waals surface area contributed by atoms with Crippen LogP contribution in [-0.4, -0.2) is 45.7 Å². The molecule has 0 saturated carbocycles. The molecule has 43 heavy (non-hydrogen) atoms. The van der Waals surface area contributed by atoms with Crippen molar-refractivity contribution in [1.29, 1.82) is 0 Å². The van der Waals surface area contributed by atoms with Gasteiger partial charge in [-0.15, -0.1) is 0 Å². The number of likely N-dealkylation sites (tertiary alicyclic amines) is 1. The molecule has 13 heteroatoms. The van der Waals surface area contributed by atoms with Gasteiger partial charge in [0.25, 0.3) is 11.8 Å². The number of nitrogens with zero attached hydrogens (tertiary/aromatic N) is 3. The summed E-state index contributed by atoms with van der Waals surface area (Å²) in [4.78, 5) is 34.0. The standard InChI is InChI=1S/C30H26F5N5O3/c1-16-21-10-20(23-4-2-18(15-38-23)28(42)40-8-6-29(31,32)7-9-40)11-22(30(33,34)35)27(21)43-24(16)12-19(13-26(37)41)17-3-5-25(36)39-14-17/h2-5,10-11,13-15H,6-9,12H2,1H3,(H2,36,39)(H2,37,41). The highest BCUT2D eigenvalue weighted by atomic mass is 19.4. The molecule has 0 spiro atoms. The van der Waals surface area contributed by atoms with E-state index in [-0.39, 0.29) is 58.9 Å². The van der Waals surface area contributed by atoms with Crippen LogP contribution in [-0.2, 0) is 17.4 Å². The van der Waals surface area contributed by atoms with Gasteiger partial charge in [-0.25, -0.2) is 13.8 Å². The fourth-order valence-electron chi connectivity index (χ4n) is 4.98. The number of nitrogen functional groups attached to an aromatic ring is 1. The summed E-state index contributed by atoms with van der Waals surface area (Å²) in [5.74, 6) is -3.63. The van der Waals surface area contributed by atoms with Crippen molar-refractivity contribution in [1.82, 2.24) is 14.9 Å². The van der Waals surface area contributed by atoms with Gasteiger partial charge in [0.15, 0.2) is 0 Å². The number of piperidine rings is 1. The van der Waals surface area contributed by atoms with E-state index in [0.29, 0.717) is 16.7 Å². The lowest BCUT2D eigenvalue weighted by atomic mass is 9.98. The van der Waals surface area contributed by atoms with Crippen LogP contribution >= 0.6 is 0 Å². The number of carbonyl (C=O) groups excluding carboxylic acids is 2. The monoisotopic (exact) mass is 599 g/mol. The molecule has 0 radical (unpaired) electrons. The second kappa shape index (κ2) is 11.1. The zero-order valence-corrected chi connectivity index (χ0v) is 22.8. The number of alkyl halides is 5. The highest BCUT2D eigenvalue weighted by Crippen LogP contribution is 2.41. The van der Waals surface area contributed by atoms with Gasteiger partial charge in [0, 0.05) is 61.8 Å². The number of benzene rings is 1. The van der Waals surface area contributed by atoms with Gasteiger partial charge in [0.2, 0.25) is 5.91 Å². The Balaban J connectivity index is 1.50. The first-order chi connectivity index (χ1) is 20.2. The van der Waals surface area contributed by atoms with Crippen LogP contribution in [0.1, 0.15) is 45.7 Å². The molecule has 0 aliphatic carbocycles. The number of carbonyl (C=O) groups is 2. The van der Waals surface area contributed by atoms with E-state index in [0.717, 1.165) is 12.1 Å². The third kappa shape index (κ3) is 6.35. The second-order valence-electron chi connectivity index (χ2n) is 10.3. The number of aromatic nitrogens is 2. The average molecular weight is 600 g/mol. The maximum Gasteiger partial charge on any atom is 0.420 e. The van der Waals surface area contributed by atoms with Gasteiger partial charge in [-0.05, 0) is 60.0 Å². The van der Waals surface area contributed by atoms with Gasteiger partial charge in [-0.3, -0.25) is 14.6 Å². The SMILES string of the molecule is Cc1c(CC(=CC(N)=O)c2ccc(N)nc2)oc2c(C(F)(F)F)cc(-c3ccc(C(=O)N4CCC(F)(F)CC4)cn3)cc12. The van der Waals surface area contributed by atoms with E-state index in [1.54, 1.807) is 13.0 Å². The van der Waals surface area contributed by atoms with E-state index in [2.05, 4.69) is 9.97 Å². The molecule has 4 heterocycles. The summed E-state index contributed by atoms with van der Waals surface area (Å²) in [6, 6.07) is 8.35. The highest BCUT2D eigenvalue weighted by molar-refractivity contribution is 5.96. The highest BCUT2D eigenvalue weighted by Gasteiger charge is 2.37. The summed E-state index contributed by atoms with van der Waals surface area (Å²) in [5, 5.41) is 0.185. The molecule has 0 unspecified atom stereocenters. The van der Waals surface area contributed by atoms with Crippen LogP contribution in [0.15, 0.2) is 59.3 Å². The number of fused-ring (bicyclic) bond motifs is 1. The van der Waals surface area contributed by atoms with Crippen LogP contribution < -0.4 is 11.5 Å². The average Bonchev–Trinajstić information content (AvgIpc) is 3.26. The molecule has 1 fully saturated rings. The third-order valence-electron chi connectivity index (χ3n) is 7.35. The zero-order chi connectivity index (χ0) is 31.1. The Morgan fingerprint density at radius 2 is 1.72 bits per heavy atom. The van der Waals surface area contributed by atoms with Crippen LogP contribution in [0.5, 0.6) is 0 Å². The van der Waals surface area contributed by atoms with Gasteiger partial charge in [0.05, 0.1) is 16.8 Å². The van der Waals surface area contributed by atoms with E-state index in [1.165, 1.54) is 41.6 Å². The minimum atomic E-state index is -4.78. The van der Waals surface area contributed by atoms with E-state index in [4.69, 9.17) is 15.9 Å². The summed E-state index contributed by atoms with van der Waals surface area (Å²) < 4.78 is 75.5. The molecule has 2 amide bonds. The first-order valence-corrected chi connectivity index (χ1v) is 13.2. The molecule has 3 aromatic heterocycles. The number of amides is 2. The minimum absolute atomic E-state index is 0.0564. The first kappa shape index (κ1) is 29.7.